The summed E-state index contributed by atoms with van der Waals surface area (Å²) in [6.45, 7) is 4.89. The van der Waals surface area contributed by atoms with E-state index in [0.717, 1.165) is 52.9 Å². The van der Waals surface area contributed by atoms with Crippen molar-refractivity contribution >= 4 is 40.7 Å². The van der Waals surface area contributed by atoms with Crippen LogP contribution in [0.2, 0.25) is 0 Å². The molecule has 0 radical (unpaired) electrons. The second-order valence-corrected chi connectivity index (χ2v) is 6.86. The number of nitrogen functional groups attached to an aromatic ring is 1. The van der Waals surface area contributed by atoms with E-state index >= 15 is 0 Å². The fourth-order valence-electron chi connectivity index (χ4n) is 3.64. The largest absolute Gasteiger partial charge is 0.464 e. The molecule has 1 amide bonds. The van der Waals surface area contributed by atoms with Gasteiger partial charge in [-0.05, 0) is 67.6 Å². The van der Waals surface area contributed by atoms with E-state index in [1.165, 1.54) is 11.1 Å². The smallest absolute Gasteiger partial charge is 0.231 e. The van der Waals surface area contributed by atoms with Crippen LogP contribution in [0, 0.1) is 13.8 Å². The molecule has 0 aliphatic carbocycles. The molecule has 0 unspecified atom stereocenters. The third kappa shape index (κ3) is 3.06. The van der Waals surface area contributed by atoms with Gasteiger partial charge < -0.3 is 15.1 Å². The van der Waals surface area contributed by atoms with Crippen molar-refractivity contribution in [3.05, 3.63) is 58.8 Å². The van der Waals surface area contributed by atoms with Gasteiger partial charge in [0.25, 0.3) is 0 Å². The lowest BCUT2D eigenvalue weighted by Gasteiger charge is -2.30. The van der Waals surface area contributed by atoms with Crippen LogP contribution < -0.4 is 10.6 Å². The SMILES string of the molecule is Cc1cc2occ(CC(=O)N3CCCc4c(N)cccc43)c2cc1C.Cl. The Bertz CT molecular complexity index is 978. The monoisotopic (exact) mass is 370 g/mol. The van der Waals surface area contributed by atoms with Gasteiger partial charge in [0.2, 0.25) is 5.91 Å². The minimum Gasteiger partial charge on any atom is -0.464 e. The van der Waals surface area contributed by atoms with E-state index in [1.807, 2.05) is 29.2 Å². The van der Waals surface area contributed by atoms with Crippen LogP contribution in [0.25, 0.3) is 11.0 Å². The number of carbonyl (C=O) groups is 1. The maximum atomic E-state index is 13.0. The molecule has 0 bridgehead atoms. The summed E-state index contributed by atoms with van der Waals surface area (Å²) in [6, 6.07) is 9.96. The predicted molar refractivity (Wildman–Crippen MR) is 108 cm³/mol. The zero-order valence-electron chi connectivity index (χ0n) is 15.0. The molecule has 0 saturated heterocycles. The summed E-state index contributed by atoms with van der Waals surface area (Å²) in [5.41, 5.74) is 13.1. The summed E-state index contributed by atoms with van der Waals surface area (Å²) in [5, 5.41) is 1.03. The van der Waals surface area contributed by atoms with Crippen molar-refractivity contribution in [2.24, 2.45) is 0 Å². The lowest BCUT2D eigenvalue weighted by molar-refractivity contribution is -0.118. The van der Waals surface area contributed by atoms with Crippen LogP contribution in [-0.4, -0.2) is 12.5 Å². The quantitative estimate of drug-likeness (QED) is 0.672. The molecular weight excluding hydrogens is 348 g/mol. The number of nitrogens with two attached hydrogens (primary N) is 1. The highest BCUT2D eigenvalue weighted by Crippen LogP contribution is 2.32. The molecule has 4 nitrogen and oxygen atoms in total. The number of furan rings is 1. The Kier molecular flexibility index (Phi) is 4.97. The number of fused-ring (bicyclic) bond motifs is 2. The van der Waals surface area contributed by atoms with Gasteiger partial charge in [-0.3, -0.25) is 4.79 Å². The van der Waals surface area contributed by atoms with Gasteiger partial charge in [-0.25, -0.2) is 0 Å². The van der Waals surface area contributed by atoms with Crippen molar-refractivity contribution in [3.8, 4) is 0 Å². The number of hydrogen-bond donors (Lipinski definition) is 1. The van der Waals surface area contributed by atoms with Crippen molar-refractivity contribution < 1.29 is 9.21 Å². The summed E-state index contributed by atoms with van der Waals surface area (Å²) in [7, 11) is 0. The van der Waals surface area contributed by atoms with E-state index in [-0.39, 0.29) is 18.3 Å². The van der Waals surface area contributed by atoms with E-state index in [1.54, 1.807) is 6.26 Å². The number of aryl methyl sites for hydroxylation is 2. The van der Waals surface area contributed by atoms with Crippen LogP contribution in [-0.2, 0) is 17.6 Å². The van der Waals surface area contributed by atoms with Crippen molar-refractivity contribution in [1.82, 2.24) is 0 Å². The lowest BCUT2D eigenvalue weighted by atomic mass is 9.98. The standard InChI is InChI=1S/C21H22N2O2.ClH/c1-13-9-17-15(12-25-20(17)10-14(13)2)11-21(24)23-8-4-5-16-18(22)6-3-7-19(16)23;/h3,6-7,9-10,12H,4-5,8,11,22H2,1-2H3;1H. The molecule has 1 aliphatic rings. The Balaban J connectivity index is 0.00000196. The molecule has 2 aromatic carbocycles. The molecule has 1 aliphatic heterocycles. The molecule has 2 N–H and O–H groups in total. The molecule has 4 rings (SSSR count). The Morgan fingerprint density at radius 3 is 2.81 bits per heavy atom. The molecule has 0 atom stereocenters. The van der Waals surface area contributed by atoms with E-state index in [9.17, 15) is 4.79 Å². The van der Waals surface area contributed by atoms with Gasteiger partial charge in [0.1, 0.15) is 5.58 Å². The van der Waals surface area contributed by atoms with Crippen LogP contribution in [0.3, 0.4) is 0 Å². The predicted octanol–water partition coefficient (Wildman–Crippen LogP) is 4.58. The van der Waals surface area contributed by atoms with E-state index in [2.05, 4.69) is 19.9 Å². The zero-order valence-corrected chi connectivity index (χ0v) is 15.9. The minimum atomic E-state index is 0. The molecule has 0 fully saturated rings. The number of amides is 1. The van der Waals surface area contributed by atoms with E-state index < -0.39 is 0 Å². The molecule has 2 heterocycles. The van der Waals surface area contributed by atoms with Crippen LogP contribution in [0.15, 0.2) is 41.0 Å². The molecule has 3 aromatic rings. The number of carbonyl (C=O) groups excluding carboxylic acids is 1. The van der Waals surface area contributed by atoms with Gasteiger partial charge in [-0.15, -0.1) is 12.4 Å². The summed E-state index contributed by atoms with van der Waals surface area (Å²) in [5.74, 6) is 0.0903. The lowest BCUT2D eigenvalue weighted by Crippen LogP contribution is -2.36. The van der Waals surface area contributed by atoms with Crippen LogP contribution in [0.1, 0.15) is 28.7 Å². The average molecular weight is 371 g/mol. The maximum absolute atomic E-state index is 13.0. The summed E-state index contributed by atoms with van der Waals surface area (Å²) in [6.07, 6.45) is 3.92. The Labute approximate surface area is 159 Å². The van der Waals surface area contributed by atoms with Crippen molar-refractivity contribution in [1.29, 1.82) is 0 Å². The molecule has 5 heteroatoms. The second-order valence-electron chi connectivity index (χ2n) is 6.86. The molecular formula is C21H23ClN2O2. The second kappa shape index (κ2) is 7.04. The zero-order chi connectivity index (χ0) is 17.6. The molecule has 136 valence electrons. The van der Waals surface area contributed by atoms with Gasteiger partial charge in [0, 0.05) is 28.9 Å². The highest BCUT2D eigenvalue weighted by molar-refractivity contribution is 5.99. The normalized spacial score (nSPS) is 13.4. The fourth-order valence-corrected chi connectivity index (χ4v) is 3.64. The molecule has 26 heavy (non-hydrogen) atoms. The number of anilines is 2. The van der Waals surface area contributed by atoms with Crippen LogP contribution >= 0.6 is 12.4 Å². The third-order valence-electron chi connectivity index (χ3n) is 5.20. The number of nitrogens with zero attached hydrogens (tertiary/aromatic N) is 1. The van der Waals surface area contributed by atoms with E-state index in [0.29, 0.717) is 6.42 Å². The topological polar surface area (TPSA) is 59.5 Å². The van der Waals surface area contributed by atoms with Crippen molar-refractivity contribution in [2.75, 3.05) is 17.2 Å². The van der Waals surface area contributed by atoms with Crippen LogP contribution in [0.4, 0.5) is 11.4 Å². The number of halogens is 1. The Morgan fingerprint density at radius 1 is 1.23 bits per heavy atom. The third-order valence-corrected chi connectivity index (χ3v) is 5.20. The first-order valence-corrected chi connectivity index (χ1v) is 8.69. The maximum Gasteiger partial charge on any atom is 0.231 e. The summed E-state index contributed by atoms with van der Waals surface area (Å²) >= 11 is 0. The minimum absolute atomic E-state index is 0. The number of hydrogen-bond acceptors (Lipinski definition) is 3. The van der Waals surface area contributed by atoms with Crippen LogP contribution in [0.5, 0.6) is 0 Å². The average Bonchev–Trinajstić information content (AvgIpc) is 2.97. The highest BCUT2D eigenvalue weighted by Gasteiger charge is 2.24. The molecule has 1 aromatic heterocycles. The van der Waals surface area contributed by atoms with Gasteiger partial charge in [-0.2, -0.15) is 0 Å². The summed E-state index contributed by atoms with van der Waals surface area (Å²) in [4.78, 5) is 14.8. The van der Waals surface area contributed by atoms with Gasteiger partial charge in [0.15, 0.2) is 0 Å². The summed E-state index contributed by atoms with van der Waals surface area (Å²) < 4.78 is 5.67. The first kappa shape index (κ1) is 18.3. The van der Waals surface area contributed by atoms with Crippen molar-refractivity contribution in [2.45, 2.75) is 33.1 Å². The fraction of sp³-hybridized carbons (Fsp3) is 0.286. The number of rotatable bonds is 2. The van der Waals surface area contributed by atoms with Crippen molar-refractivity contribution in [3.63, 3.8) is 0 Å². The van der Waals surface area contributed by atoms with Gasteiger partial charge in [-0.1, -0.05) is 6.07 Å². The van der Waals surface area contributed by atoms with Gasteiger partial charge in [0.05, 0.1) is 12.7 Å². The Hall–Kier alpha value is -2.46. The first-order chi connectivity index (χ1) is 12.0. The van der Waals surface area contributed by atoms with E-state index in [4.69, 9.17) is 10.2 Å². The highest BCUT2D eigenvalue weighted by atomic mass is 35.5. The first-order valence-electron chi connectivity index (χ1n) is 8.69. The molecule has 0 saturated carbocycles. The Morgan fingerprint density at radius 2 is 2.00 bits per heavy atom. The molecule has 0 spiro atoms. The van der Waals surface area contributed by atoms with Gasteiger partial charge >= 0.3 is 0 Å². The number of benzene rings is 2.